The van der Waals surface area contributed by atoms with Gasteiger partial charge in [-0.3, -0.25) is 0 Å². The van der Waals surface area contributed by atoms with Gasteiger partial charge in [-0.25, -0.2) is 4.98 Å². The molecule has 1 aromatic heterocycles. The summed E-state index contributed by atoms with van der Waals surface area (Å²) in [7, 11) is 0. The standard InChI is InChI=1S/C26H19NO/c1-2-18-11-13-19(14-12-18)17-21-16-15-20-7-3-4-8-22(20)25(21)26-27-23-9-5-6-10-24(23)28-26/h2-16H,1,17H2. The average molecular weight is 361 g/mol. The van der Waals surface area contributed by atoms with Crippen molar-refractivity contribution in [3.63, 3.8) is 0 Å². The quantitative estimate of drug-likeness (QED) is 0.349. The first-order chi connectivity index (χ1) is 13.8. The molecule has 0 unspecified atom stereocenters. The molecular formula is C26H19NO. The van der Waals surface area contributed by atoms with E-state index < -0.39 is 0 Å². The van der Waals surface area contributed by atoms with Crippen LogP contribution in [0, 0.1) is 0 Å². The lowest BCUT2D eigenvalue weighted by Gasteiger charge is -2.11. The summed E-state index contributed by atoms with van der Waals surface area (Å²) >= 11 is 0. The summed E-state index contributed by atoms with van der Waals surface area (Å²) in [5, 5.41) is 2.35. The van der Waals surface area contributed by atoms with E-state index >= 15 is 0 Å². The molecule has 0 aliphatic rings. The third-order valence-corrected chi connectivity index (χ3v) is 5.13. The normalized spacial score (nSPS) is 11.1. The molecule has 0 bridgehead atoms. The van der Waals surface area contributed by atoms with Crippen LogP contribution in [0.4, 0.5) is 0 Å². The maximum absolute atomic E-state index is 6.15. The molecule has 2 nitrogen and oxygen atoms in total. The Morgan fingerprint density at radius 1 is 0.821 bits per heavy atom. The Morgan fingerprint density at radius 2 is 1.61 bits per heavy atom. The Hall–Kier alpha value is -3.65. The summed E-state index contributed by atoms with van der Waals surface area (Å²) in [5.41, 5.74) is 6.34. The van der Waals surface area contributed by atoms with Crippen LogP contribution in [-0.2, 0) is 6.42 Å². The molecule has 28 heavy (non-hydrogen) atoms. The van der Waals surface area contributed by atoms with E-state index in [2.05, 4.69) is 67.2 Å². The number of hydrogen-bond donors (Lipinski definition) is 0. The third kappa shape index (κ3) is 2.89. The van der Waals surface area contributed by atoms with Gasteiger partial charge in [0.1, 0.15) is 5.52 Å². The van der Waals surface area contributed by atoms with Gasteiger partial charge in [-0.1, -0.05) is 85.5 Å². The molecule has 0 N–H and O–H groups in total. The van der Waals surface area contributed by atoms with Crippen LogP contribution in [0.5, 0.6) is 0 Å². The Balaban J connectivity index is 1.70. The van der Waals surface area contributed by atoms with Crippen LogP contribution < -0.4 is 0 Å². The number of hydrogen-bond acceptors (Lipinski definition) is 2. The highest BCUT2D eigenvalue weighted by atomic mass is 16.3. The van der Waals surface area contributed by atoms with Gasteiger partial charge in [-0.05, 0) is 46.0 Å². The van der Waals surface area contributed by atoms with Crippen LogP contribution >= 0.6 is 0 Å². The van der Waals surface area contributed by atoms with Crippen LogP contribution in [0.2, 0.25) is 0 Å². The van der Waals surface area contributed by atoms with Crippen molar-refractivity contribution in [3.8, 4) is 11.5 Å². The minimum absolute atomic E-state index is 0.677. The van der Waals surface area contributed by atoms with Gasteiger partial charge in [0.05, 0.1) is 0 Å². The predicted octanol–water partition coefficient (Wildman–Crippen LogP) is 6.88. The van der Waals surface area contributed by atoms with Crippen molar-refractivity contribution in [2.75, 3.05) is 0 Å². The first kappa shape index (κ1) is 16.5. The van der Waals surface area contributed by atoms with E-state index in [9.17, 15) is 0 Å². The SMILES string of the molecule is C=Cc1ccc(Cc2ccc3ccccc3c2-c2nc3ccccc3o2)cc1. The molecule has 1 heterocycles. The molecule has 0 aliphatic carbocycles. The van der Waals surface area contributed by atoms with Crippen LogP contribution in [0.3, 0.4) is 0 Å². The maximum Gasteiger partial charge on any atom is 0.228 e. The zero-order chi connectivity index (χ0) is 18.9. The molecule has 0 spiro atoms. The van der Waals surface area contributed by atoms with Crippen molar-refractivity contribution < 1.29 is 4.42 Å². The molecule has 0 radical (unpaired) electrons. The smallest absolute Gasteiger partial charge is 0.228 e. The summed E-state index contributed by atoms with van der Waals surface area (Å²) in [6.45, 7) is 3.83. The first-order valence-electron chi connectivity index (χ1n) is 9.40. The highest BCUT2D eigenvalue weighted by Gasteiger charge is 2.16. The van der Waals surface area contributed by atoms with Gasteiger partial charge in [-0.15, -0.1) is 0 Å². The molecule has 5 rings (SSSR count). The fourth-order valence-corrected chi connectivity index (χ4v) is 3.69. The highest BCUT2D eigenvalue weighted by Crippen LogP contribution is 2.34. The van der Waals surface area contributed by atoms with Gasteiger partial charge in [0, 0.05) is 5.56 Å². The molecular weight excluding hydrogens is 342 g/mol. The predicted molar refractivity (Wildman–Crippen MR) is 116 cm³/mol. The van der Waals surface area contributed by atoms with E-state index in [0.717, 1.165) is 34.0 Å². The number of oxazole rings is 1. The lowest BCUT2D eigenvalue weighted by molar-refractivity contribution is 0.620. The van der Waals surface area contributed by atoms with Gasteiger partial charge in [-0.2, -0.15) is 0 Å². The van der Waals surface area contributed by atoms with Crippen molar-refractivity contribution in [1.29, 1.82) is 0 Å². The second kappa shape index (κ2) is 6.82. The van der Waals surface area contributed by atoms with E-state index in [1.807, 2.05) is 30.3 Å². The zero-order valence-electron chi connectivity index (χ0n) is 15.4. The van der Waals surface area contributed by atoms with Gasteiger partial charge in [0.15, 0.2) is 5.58 Å². The van der Waals surface area contributed by atoms with Crippen LogP contribution in [0.25, 0.3) is 39.4 Å². The number of benzene rings is 4. The number of nitrogens with zero attached hydrogens (tertiary/aromatic N) is 1. The molecule has 0 fully saturated rings. The van der Waals surface area contributed by atoms with Crippen molar-refractivity contribution in [2.24, 2.45) is 0 Å². The summed E-state index contributed by atoms with van der Waals surface area (Å²) in [6.07, 6.45) is 2.68. The van der Waals surface area contributed by atoms with Crippen LogP contribution in [0.1, 0.15) is 16.7 Å². The summed E-state index contributed by atoms with van der Waals surface area (Å²) < 4.78 is 6.15. The molecule has 2 heteroatoms. The topological polar surface area (TPSA) is 26.0 Å². The van der Waals surface area contributed by atoms with Crippen molar-refractivity contribution >= 4 is 27.9 Å². The lowest BCUT2D eigenvalue weighted by Crippen LogP contribution is -1.94. The Morgan fingerprint density at radius 3 is 2.43 bits per heavy atom. The van der Waals surface area contributed by atoms with Gasteiger partial charge < -0.3 is 4.42 Å². The Labute approximate surface area is 163 Å². The second-order valence-corrected chi connectivity index (χ2v) is 6.93. The van der Waals surface area contributed by atoms with E-state index in [1.54, 1.807) is 0 Å². The molecule has 0 aliphatic heterocycles. The van der Waals surface area contributed by atoms with Gasteiger partial charge >= 0.3 is 0 Å². The molecule has 4 aromatic carbocycles. The monoisotopic (exact) mass is 361 g/mol. The first-order valence-corrected chi connectivity index (χ1v) is 9.40. The number of aromatic nitrogens is 1. The Bertz CT molecular complexity index is 1260. The number of rotatable bonds is 4. The minimum atomic E-state index is 0.677. The van der Waals surface area contributed by atoms with Gasteiger partial charge in [0.2, 0.25) is 5.89 Å². The van der Waals surface area contributed by atoms with Crippen molar-refractivity contribution in [3.05, 3.63) is 108 Å². The molecule has 0 saturated heterocycles. The summed E-state index contributed by atoms with van der Waals surface area (Å²) in [5.74, 6) is 0.677. The molecule has 0 saturated carbocycles. The minimum Gasteiger partial charge on any atom is -0.436 e. The fraction of sp³-hybridized carbons (Fsp3) is 0.0385. The van der Waals surface area contributed by atoms with Crippen molar-refractivity contribution in [2.45, 2.75) is 6.42 Å². The lowest BCUT2D eigenvalue weighted by atomic mass is 9.94. The fourth-order valence-electron chi connectivity index (χ4n) is 3.69. The van der Waals surface area contributed by atoms with E-state index in [1.165, 1.54) is 16.5 Å². The summed E-state index contributed by atoms with van der Waals surface area (Å²) in [6, 6.07) is 29.2. The molecule has 0 amide bonds. The van der Waals surface area contributed by atoms with Gasteiger partial charge in [0.25, 0.3) is 0 Å². The Kier molecular flexibility index (Phi) is 4.02. The zero-order valence-corrected chi connectivity index (χ0v) is 15.4. The van der Waals surface area contributed by atoms with Crippen LogP contribution in [0.15, 0.2) is 95.9 Å². The van der Waals surface area contributed by atoms with Crippen LogP contribution in [-0.4, -0.2) is 4.98 Å². The summed E-state index contributed by atoms with van der Waals surface area (Å²) in [4.78, 5) is 4.78. The third-order valence-electron chi connectivity index (χ3n) is 5.13. The average Bonchev–Trinajstić information content (AvgIpc) is 3.18. The largest absolute Gasteiger partial charge is 0.436 e. The highest BCUT2D eigenvalue weighted by molar-refractivity contribution is 5.97. The number of fused-ring (bicyclic) bond motifs is 2. The van der Waals surface area contributed by atoms with E-state index in [-0.39, 0.29) is 0 Å². The molecule has 5 aromatic rings. The maximum atomic E-state index is 6.15. The van der Waals surface area contributed by atoms with E-state index in [4.69, 9.17) is 9.40 Å². The second-order valence-electron chi connectivity index (χ2n) is 6.93. The van der Waals surface area contributed by atoms with E-state index in [0.29, 0.717) is 5.89 Å². The molecule has 0 atom stereocenters. The number of para-hydroxylation sites is 2. The molecule has 134 valence electrons. The van der Waals surface area contributed by atoms with Crippen molar-refractivity contribution in [1.82, 2.24) is 4.98 Å².